The molecular weight excluding hydrogens is 370 g/mol. The fourth-order valence-corrected chi connectivity index (χ4v) is 5.04. The Morgan fingerprint density at radius 2 is 1.96 bits per heavy atom. The number of thioether (sulfide) groups is 1. The van der Waals surface area contributed by atoms with Crippen molar-refractivity contribution in [2.45, 2.75) is 62.5 Å². The van der Waals surface area contributed by atoms with Gasteiger partial charge in [-0.15, -0.1) is 11.8 Å². The molecule has 1 amide bonds. The number of aromatic nitrogens is 4. The van der Waals surface area contributed by atoms with Crippen LogP contribution >= 0.6 is 11.8 Å². The predicted molar refractivity (Wildman–Crippen MR) is 112 cm³/mol. The van der Waals surface area contributed by atoms with Crippen molar-refractivity contribution in [3.05, 3.63) is 47.5 Å². The Morgan fingerprint density at radius 3 is 2.71 bits per heavy atom. The molecule has 6 nitrogen and oxygen atoms in total. The number of amides is 1. The lowest BCUT2D eigenvalue weighted by molar-refractivity contribution is -0.116. The molecule has 0 unspecified atom stereocenters. The summed E-state index contributed by atoms with van der Waals surface area (Å²) < 4.78 is 1.72. The molecule has 4 rings (SSSR count). The molecule has 1 aromatic carbocycles. The monoisotopic (exact) mass is 395 g/mol. The summed E-state index contributed by atoms with van der Waals surface area (Å²) in [7, 11) is 0. The van der Waals surface area contributed by atoms with Gasteiger partial charge in [0.25, 0.3) is 5.78 Å². The maximum Gasteiger partial charge on any atom is 0.252 e. The number of aryl methyl sites for hydroxylation is 2. The molecule has 0 saturated heterocycles. The Labute approximate surface area is 169 Å². The lowest BCUT2D eigenvalue weighted by Gasteiger charge is -2.11. The number of rotatable bonds is 6. The van der Waals surface area contributed by atoms with Gasteiger partial charge < -0.3 is 5.32 Å². The van der Waals surface area contributed by atoms with Gasteiger partial charge in [-0.3, -0.25) is 4.79 Å². The van der Waals surface area contributed by atoms with Gasteiger partial charge in [0, 0.05) is 33.6 Å². The number of hydrogen-bond donors (Lipinski definition) is 1. The normalized spacial score (nSPS) is 14.6. The van der Waals surface area contributed by atoms with E-state index in [9.17, 15) is 4.79 Å². The maximum absolute atomic E-state index is 12.4. The molecule has 146 valence electrons. The molecule has 0 aliphatic heterocycles. The SMILES string of the molecule is Cc1nc2ncnn2c(C)c1CCC(=O)Nc1ccc(SC2CCCC2)cc1. The lowest BCUT2D eigenvalue weighted by atomic mass is 10.1. The van der Waals surface area contributed by atoms with Crippen LogP contribution in [0.4, 0.5) is 5.69 Å². The number of nitrogens with zero attached hydrogens (tertiary/aromatic N) is 4. The Balaban J connectivity index is 1.34. The van der Waals surface area contributed by atoms with Crippen LogP contribution in [0.3, 0.4) is 0 Å². The molecule has 2 heterocycles. The number of nitrogens with one attached hydrogen (secondary N) is 1. The quantitative estimate of drug-likeness (QED) is 0.672. The summed E-state index contributed by atoms with van der Waals surface area (Å²) in [6.07, 6.45) is 7.87. The highest BCUT2D eigenvalue weighted by Crippen LogP contribution is 2.34. The molecule has 3 aromatic rings. The van der Waals surface area contributed by atoms with Crippen molar-refractivity contribution in [2.75, 3.05) is 5.32 Å². The van der Waals surface area contributed by atoms with Crippen molar-refractivity contribution in [2.24, 2.45) is 0 Å². The average Bonchev–Trinajstić information content (AvgIpc) is 3.35. The fraction of sp³-hybridized carbons (Fsp3) is 0.429. The molecule has 0 spiro atoms. The minimum Gasteiger partial charge on any atom is -0.326 e. The van der Waals surface area contributed by atoms with Crippen LogP contribution < -0.4 is 5.32 Å². The molecular formula is C21H25N5OS. The van der Waals surface area contributed by atoms with E-state index in [1.807, 2.05) is 37.7 Å². The van der Waals surface area contributed by atoms with Crippen LogP contribution in [-0.2, 0) is 11.2 Å². The molecule has 2 aromatic heterocycles. The molecule has 0 bridgehead atoms. The highest BCUT2D eigenvalue weighted by molar-refractivity contribution is 8.00. The van der Waals surface area contributed by atoms with E-state index in [-0.39, 0.29) is 5.91 Å². The number of hydrogen-bond acceptors (Lipinski definition) is 5. The first-order valence-electron chi connectivity index (χ1n) is 9.82. The second kappa shape index (κ2) is 8.31. The molecule has 1 fully saturated rings. The van der Waals surface area contributed by atoms with Crippen LogP contribution in [0, 0.1) is 13.8 Å². The zero-order valence-corrected chi connectivity index (χ0v) is 17.1. The van der Waals surface area contributed by atoms with Crippen LogP contribution in [-0.4, -0.2) is 30.7 Å². The number of anilines is 1. The van der Waals surface area contributed by atoms with E-state index in [0.29, 0.717) is 18.6 Å². The molecule has 1 saturated carbocycles. The summed E-state index contributed by atoms with van der Waals surface area (Å²) in [5, 5.41) is 7.95. The summed E-state index contributed by atoms with van der Waals surface area (Å²) in [6.45, 7) is 3.94. The molecule has 1 aliphatic rings. The van der Waals surface area contributed by atoms with Gasteiger partial charge in [-0.05, 0) is 62.9 Å². The molecule has 1 aliphatic carbocycles. The highest BCUT2D eigenvalue weighted by Gasteiger charge is 2.16. The third-order valence-electron chi connectivity index (χ3n) is 5.33. The van der Waals surface area contributed by atoms with E-state index in [2.05, 4.69) is 32.5 Å². The Bertz CT molecular complexity index is 976. The molecule has 1 N–H and O–H groups in total. The predicted octanol–water partition coefficient (Wildman–Crippen LogP) is 4.35. The Morgan fingerprint density at radius 1 is 1.21 bits per heavy atom. The first-order valence-corrected chi connectivity index (χ1v) is 10.7. The van der Waals surface area contributed by atoms with Crippen molar-refractivity contribution in [3.8, 4) is 0 Å². The number of benzene rings is 1. The first-order chi connectivity index (χ1) is 13.6. The summed E-state index contributed by atoms with van der Waals surface area (Å²) >= 11 is 1.96. The summed E-state index contributed by atoms with van der Waals surface area (Å²) in [6, 6.07) is 8.20. The van der Waals surface area contributed by atoms with Crippen molar-refractivity contribution >= 4 is 29.1 Å². The van der Waals surface area contributed by atoms with E-state index in [4.69, 9.17) is 0 Å². The highest BCUT2D eigenvalue weighted by atomic mass is 32.2. The van der Waals surface area contributed by atoms with Crippen molar-refractivity contribution < 1.29 is 4.79 Å². The van der Waals surface area contributed by atoms with Gasteiger partial charge in [-0.2, -0.15) is 10.1 Å². The second-order valence-electron chi connectivity index (χ2n) is 7.33. The zero-order valence-electron chi connectivity index (χ0n) is 16.3. The van der Waals surface area contributed by atoms with Crippen molar-refractivity contribution in [3.63, 3.8) is 0 Å². The van der Waals surface area contributed by atoms with E-state index in [0.717, 1.165) is 27.9 Å². The topological polar surface area (TPSA) is 72.2 Å². The zero-order chi connectivity index (χ0) is 19.5. The van der Waals surface area contributed by atoms with Crippen LogP contribution in [0.5, 0.6) is 0 Å². The molecule has 7 heteroatoms. The molecule has 28 heavy (non-hydrogen) atoms. The maximum atomic E-state index is 12.4. The van der Waals surface area contributed by atoms with Crippen LogP contribution in [0.2, 0.25) is 0 Å². The smallest absolute Gasteiger partial charge is 0.252 e. The minimum absolute atomic E-state index is 0.00804. The molecule has 0 atom stereocenters. The summed E-state index contributed by atoms with van der Waals surface area (Å²) in [5.41, 5.74) is 3.79. The number of fused-ring (bicyclic) bond motifs is 1. The van der Waals surface area contributed by atoms with Crippen molar-refractivity contribution in [1.82, 2.24) is 19.6 Å². The van der Waals surface area contributed by atoms with Crippen LogP contribution in [0.25, 0.3) is 5.78 Å². The van der Waals surface area contributed by atoms with Gasteiger partial charge >= 0.3 is 0 Å². The van der Waals surface area contributed by atoms with Gasteiger partial charge in [0.15, 0.2) is 0 Å². The van der Waals surface area contributed by atoms with Gasteiger partial charge in [-0.25, -0.2) is 9.50 Å². The average molecular weight is 396 g/mol. The molecule has 0 radical (unpaired) electrons. The largest absolute Gasteiger partial charge is 0.326 e. The minimum atomic E-state index is 0.00804. The lowest BCUT2D eigenvalue weighted by Crippen LogP contribution is -2.14. The van der Waals surface area contributed by atoms with Crippen LogP contribution in [0.1, 0.15) is 49.1 Å². The van der Waals surface area contributed by atoms with Crippen LogP contribution in [0.15, 0.2) is 35.5 Å². The summed E-state index contributed by atoms with van der Waals surface area (Å²) in [4.78, 5) is 22.3. The van der Waals surface area contributed by atoms with Gasteiger partial charge in [0.1, 0.15) is 6.33 Å². The van der Waals surface area contributed by atoms with E-state index in [1.54, 1.807) is 4.52 Å². The third kappa shape index (κ3) is 4.19. The third-order valence-corrected chi connectivity index (χ3v) is 6.68. The standard InChI is InChI=1S/C21H25N5OS/c1-14-19(15(2)26-21(24-14)22-13-23-26)11-12-20(27)25-16-7-9-18(10-8-16)28-17-5-3-4-6-17/h7-10,13,17H,3-6,11-12H2,1-2H3,(H,25,27). The second-order valence-corrected chi connectivity index (χ2v) is 8.70. The number of carbonyl (C=O) groups excluding carboxylic acids is 1. The number of carbonyl (C=O) groups is 1. The Kier molecular flexibility index (Phi) is 5.62. The van der Waals surface area contributed by atoms with Gasteiger partial charge in [0.2, 0.25) is 5.91 Å². The van der Waals surface area contributed by atoms with Gasteiger partial charge in [0.05, 0.1) is 0 Å². The van der Waals surface area contributed by atoms with E-state index >= 15 is 0 Å². The van der Waals surface area contributed by atoms with E-state index in [1.165, 1.54) is 36.9 Å². The summed E-state index contributed by atoms with van der Waals surface area (Å²) in [5.74, 6) is 0.604. The van der Waals surface area contributed by atoms with Gasteiger partial charge in [-0.1, -0.05) is 12.8 Å². The fourth-order valence-electron chi connectivity index (χ4n) is 3.79. The first kappa shape index (κ1) is 18.9. The Hall–Kier alpha value is -2.41. The van der Waals surface area contributed by atoms with E-state index < -0.39 is 0 Å². The van der Waals surface area contributed by atoms with Crippen molar-refractivity contribution in [1.29, 1.82) is 0 Å².